The van der Waals surface area contributed by atoms with E-state index in [4.69, 9.17) is 5.73 Å². The highest BCUT2D eigenvalue weighted by atomic mass is 19.3. The minimum Gasteiger partial charge on any atom is -0.358 e. The van der Waals surface area contributed by atoms with Crippen molar-refractivity contribution in [1.82, 2.24) is 5.32 Å². The zero-order chi connectivity index (χ0) is 13.1. The Kier molecular flexibility index (Phi) is 4.17. The van der Waals surface area contributed by atoms with Crippen molar-refractivity contribution in [2.75, 3.05) is 7.05 Å². The number of carbonyl (C=O) groups excluding carboxylic acids is 1. The van der Waals surface area contributed by atoms with Gasteiger partial charge < -0.3 is 11.1 Å². The number of benzene rings is 1. The van der Waals surface area contributed by atoms with Gasteiger partial charge in [0.15, 0.2) is 0 Å². The van der Waals surface area contributed by atoms with Gasteiger partial charge in [0.25, 0.3) is 5.92 Å². The maximum atomic E-state index is 12.9. The van der Waals surface area contributed by atoms with Crippen molar-refractivity contribution in [2.24, 2.45) is 5.73 Å². The van der Waals surface area contributed by atoms with Crippen LogP contribution in [-0.4, -0.2) is 19.0 Å². The third-order valence-corrected chi connectivity index (χ3v) is 2.50. The highest BCUT2D eigenvalue weighted by Crippen LogP contribution is 2.26. The third kappa shape index (κ3) is 3.78. The fourth-order valence-electron chi connectivity index (χ4n) is 1.47. The number of alkyl halides is 2. The molecule has 0 aliphatic carbocycles. The zero-order valence-corrected chi connectivity index (χ0v) is 9.84. The van der Waals surface area contributed by atoms with Gasteiger partial charge in [-0.25, -0.2) is 8.78 Å². The van der Waals surface area contributed by atoms with Crippen molar-refractivity contribution >= 4 is 5.91 Å². The molecule has 5 heteroatoms. The van der Waals surface area contributed by atoms with Gasteiger partial charge in [-0.05, 0) is 12.0 Å². The smallest absolute Gasteiger partial charge is 0.270 e. The van der Waals surface area contributed by atoms with Gasteiger partial charge in [-0.2, -0.15) is 0 Å². The second kappa shape index (κ2) is 5.23. The number of likely N-dealkylation sites (N-methyl/N-ethyl adjacent to an activating group) is 1. The van der Waals surface area contributed by atoms with E-state index in [2.05, 4.69) is 5.32 Å². The van der Waals surface area contributed by atoms with Crippen LogP contribution in [0.3, 0.4) is 0 Å². The summed E-state index contributed by atoms with van der Waals surface area (Å²) in [6.45, 7) is 0.846. The summed E-state index contributed by atoms with van der Waals surface area (Å²) >= 11 is 0. The zero-order valence-electron chi connectivity index (χ0n) is 9.84. The maximum absolute atomic E-state index is 12.9. The van der Waals surface area contributed by atoms with E-state index in [0.29, 0.717) is 6.42 Å². The molecule has 0 bridgehead atoms. The molecular weight excluding hydrogens is 226 g/mol. The summed E-state index contributed by atoms with van der Waals surface area (Å²) in [7, 11) is 1.50. The Morgan fingerprint density at radius 2 is 1.94 bits per heavy atom. The number of nitrogens with two attached hydrogens (primary N) is 1. The summed E-state index contributed by atoms with van der Waals surface area (Å²) in [6.07, 6.45) is 0.329. The Labute approximate surface area is 99.0 Å². The first-order valence-electron chi connectivity index (χ1n) is 5.29. The summed E-state index contributed by atoms with van der Waals surface area (Å²) in [5.41, 5.74) is 6.34. The Balaban J connectivity index is 2.72. The first kappa shape index (κ1) is 13.6. The molecule has 1 atom stereocenters. The van der Waals surface area contributed by atoms with E-state index in [1.54, 1.807) is 12.1 Å². The van der Waals surface area contributed by atoms with Crippen molar-refractivity contribution < 1.29 is 13.6 Å². The van der Waals surface area contributed by atoms with Crippen molar-refractivity contribution in [1.29, 1.82) is 0 Å². The molecule has 1 aromatic rings. The van der Waals surface area contributed by atoms with Gasteiger partial charge in [-0.3, -0.25) is 4.79 Å². The summed E-state index contributed by atoms with van der Waals surface area (Å²) in [5, 5.41) is 2.44. The van der Waals surface area contributed by atoms with E-state index in [1.165, 1.54) is 19.2 Å². The summed E-state index contributed by atoms with van der Waals surface area (Å²) < 4.78 is 25.9. The normalized spacial score (nSPS) is 13.2. The van der Waals surface area contributed by atoms with Gasteiger partial charge in [-0.1, -0.05) is 24.3 Å². The van der Waals surface area contributed by atoms with E-state index in [9.17, 15) is 13.6 Å². The lowest BCUT2D eigenvalue weighted by atomic mass is 10.0. The Bertz CT molecular complexity index is 384. The number of nitrogens with one attached hydrogen (secondary N) is 1. The van der Waals surface area contributed by atoms with Crippen LogP contribution in [0.15, 0.2) is 24.3 Å². The van der Waals surface area contributed by atoms with E-state index < -0.39 is 12.0 Å². The molecule has 17 heavy (non-hydrogen) atoms. The second-order valence-corrected chi connectivity index (χ2v) is 4.01. The lowest BCUT2D eigenvalue weighted by Gasteiger charge is -2.13. The Hall–Kier alpha value is -1.49. The van der Waals surface area contributed by atoms with Crippen LogP contribution in [-0.2, 0) is 17.1 Å². The molecule has 0 saturated heterocycles. The topological polar surface area (TPSA) is 55.1 Å². The van der Waals surface area contributed by atoms with Crippen molar-refractivity contribution in [3.63, 3.8) is 0 Å². The van der Waals surface area contributed by atoms with Crippen LogP contribution >= 0.6 is 0 Å². The SMILES string of the molecule is CNC(=O)C(N)Cc1ccc(C(C)(F)F)cc1. The van der Waals surface area contributed by atoms with Crippen LogP contribution in [0.25, 0.3) is 0 Å². The van der Waals surface area contributed by atoms with Gasteiger partial charge >= 0.3 is 0 Å². The average Bonchev–Trinajstić information content (AvgIpc) is 2.27. The van der Waals surface area contributed by atoms with E-state index in [0.717, 1.165) is 12.5 Å². The standard InChI is InChI=1S/C12H16F2N2O/c1-12(13,14)9-5-3-8(4-6-9)7-10(15)11(17)16-2/h3-6,10H,7,15H2,1-2H3,(H,16,17). The summed E-state index contributed by atoms with van der Waals surface area (Å²) in [5.74, 6) is -3.11. The monoisotopic (exact) mass is 242 g/mol. The Morgan fingerprint density at radius 3 is 2.35 bits per heavy atom. The fraction of sp³-hybridized carbons (Fsp3) is 0.417. The number of hydrogen-bond acceptors (Lipinski definition) is 2. The molecule has 1 rings (SSSR count). The molecule has 1 unspecified atom stereocenters. The predicted molar refractivity (Wildman–Crippen MR) is 61.8 cm³/mol. The number of rotatable bonds is 4. The maximum Gasteiger partial charge on any atom is 0.270 e. The molecule has 0 heterocycles. The van der Waals surface area contributed by atoms with Crippen molar-refractivity contribution in [2.45, 2.75) is 25.3 Å². The van der Waals surface area contributed by atoms with Gasteiger partial charge in [0.1, 0.15) is 0 Å². The lowest BCUT2D eigenvalue weighted by molar-refractivity contribution is -0.121. The highest BCUT2D eigenvalue weighted by Gasteiger charge is 2.23. The highest BCUT2D eigenvalue weighted by molar-refractivity contribution is 5.81. The third-order valence-electron chi connectivity index (χ3n) is 2.50. The molecule has 0 aliphatic heterocycles. The molecule has 0 aromatic heterocycles. The summed E-state index contributed by atoms with van der Waals surface area (Å²) in [6, 6.07) is 5.18. The van der Waals surface area contributed by atoms with E-state index >= 15 is 0 Å². The molecule has 0 spiro atoms. The Morgan fingerprint density at radius 1 is 1.41 bits per heavy atom. The lowest BCUT2D eigenvalue weighted by Crippen LogP contribution is -2.40. The first-order valence-corrected chi connectivity index (χ1v) is 5.29. The number of hydrogen-bond donors (Lipinski definition) is 2. The largest absolute Gasteiger partial charge is 0.358 e. The number of amides is 1. The summed E-state index contributed by atoms with van der Waals surface area (Å²) in [4.78, 5) is 11.2. The molecule has 0 aliphatic rings. The van der Waals surface area contributed by atoms with Crippen molar-refractivity contribution in [3.05, 3.63) is 35.4 Å². The van der Waals surface area contributed by atoms with E-state index in [1.807, 2.05) is 0 Å². The van der Waals surface area contributed by atoms with Crippen LogP contribution in [0.4, 0.5) is 8.78 Å². The van der Waals surface area contributed by atoms with Crippen LogP contribution in [0.2, 0.25) is 0 Å². The van der Waals surface area contributed by atoms with Gasteiger partial charge in [0.2, 0.25) is 5.91 Å². The first-order chi connectivity index (χ1) is 7.84. The quantitative estimate of drug-likeness (QED) is 0.838. The van der Waals surface area contributed by atoms with Crippen LogP contribution in [0, 0.1) is 0 Å². The van der Waals surface area contributed by atoms with Gasteiger partial charge in [0, 0.05) is 19.5 Å². The molecule has 0 radical (unpaired) electrons. The van der Waals surface area contributed by atoms with Crippen LogP contribution in [0.5, 0.6) is 0 Å². The minimum absolute atomic E-state index is 0.0465. The predicted octanol–water partition coefficient (Wildman–Crippen LogP) is 1.41. The number of halogens is 2. The molecule has 3 N–H and O–H groups in total. The van der Waals surface area contributed by atoms with Gasteiger partial charge in [-0.15, -0.1) is 0 Å². The molecular formula is C12H16F2N2O. The van der Waals surface area contributed by atoms with Crippen LogP contribution < -0.4 is 11.1 Å². The van der Waals surface area contributed by atoms with Gasteiger partial charge in [0.05, 0.1) is 6.04 Å². The molecule has 0 fully saturated rings. The second-order valence-electron chi connectivity index (χ2n) is 4.01. The average molecular weight is 242 g/mol. The van der Waals surface area contributed by atoms with E-state index in [-0.39, 0.29) is 11.5 Å². The molecule has 3 nitrogen and oxygen atoms in total. The molecule has 94 valence electrons. The fourth-order valence-corrected chi connectivity index (χ4v) is 1.47. The molecule has 0 saturated carbocycles. The van der Waals surface area contributed by atoms with Crippen LogP contribution in [0.1, 0.15) is 18.1 Å². The molecule has 1 amide bonds. The molecule has 1 aromatic carbocycles. The minimum atomic E-state index is -2.85. The number of carbonyl (C=O) groups is 1. The van der Waals surface area contributed by atoms with Crippen molar-refractivity contribution in [3.8, 4) is 0 Å².